The Balaban J connectivity index is 1.27. The molecule has 10 heteroatoms. The summed E-state index contributed by atoms with van der Waals surface area (Å²) in [6.45, 7) is 2.36. The van der Waals surface area contributed by atoms with E-state index in [0.717, 1.165) is 18.4 Å². The standard InChI is InChI=1S/C23H22FN7O2/c1-14(22-27-20(30-33-22)16-9-5-10-17(24)13-16)25-23(32)31-12-6-11-18(31)21-26-19(28-29-21)15-7-3-2-4-8-15/h2-5,7-10,13-14,18H,6,11-12H2,1H3,(H,25,32)(H,26,28,29). The highest BCUT2D eigenvalue weighted by molar-refractivity contribution is 5.75. The number of H-pyrrole nitrogens is 1. The van der Waals surface area contributed by atoms with Crippen LogP contribution in [0.5, 0.6) is 0 Å². The number of hydrogen-bond donors (Lipinski definition) is 2. The molecule has 5 rings (SSSR count). The molecule has 2 aromatic heterocycles. The van der Waals surface area contributed by atoms with Gasteiger partial charge in [0.05, 0.1) is 6.04 Å². The number of nitrogens with zero attached hydrogens (tertiary/aromatic N) is 5. The summed E-state index contributed by atoms with van der Waals surface area (Å²) in [6.07, 6.45) is 1.65. The molecular formula is C23H22FN7O2. The highest BCUT2D eigenvalue weighted by Crippen LogP contribution is 2.31. The zero-order valence-corrected chi connectivity index (χ0v) is 17.9. The van der Waals surface area contributed by atoms with E-state index < -0.39 is 6.04 Å². The first-order valence-corrected chi connectivity index (χ1v) is 10.7. The third kappa shape index (κ3) is 4.32. The normalized spacial score (nSPS) is 16.7. The molecular weight excluding hydrogens is 425 g/mol. The molecule has 1 aliphatic heterocycles. The van der Waals surface area contributed by atoms with Crippen LogP contribution in [0.4, 0.5) is 9.18 Å². The third-order valence-electron chi connectivity index (χ3n) is 5.60. The van der Waals surface area contributed by atoms with E-state index in [-0.39, 0.29) is 29.6 Å². The molecule has 2 aromatic carbocycles. The van der Waals surface area contributed by atoms with Crippen molar-refractivity contribution in [2.75, 3.05) is 6.54 Å². The van der Waals surface area contributed by atoms with Crippen LogP contribution in [-0.2, 0) is 0 Å². The fraction of sp³-hybridized carbons (Fsp3) is 0.261. The molecule has 4 aromatic rings. The van der Waals surface area contributed by atoms with Gasteiger partial charge in [-0.05, 0) is 31.9 Å². The van der Waals surface area contributed by atoms with Crippen LogP contribution in [-0.4, -0.2) is 42.8 Å². The summed E-state index contributed by atoms with van der Waals surface area (Å²) in [5.74, 6) is 1.37. The van der Waals surface area contributed by atoms with Gasteiger partial charge >= 0.3 is 6.03 Å². The lowest BCUT2D eigenvalue weighted by molar-refractivity contribution is 0.185. The number of likely N-dealkylation sites (tertiary alicyclic amines) is 1. The van der Waals surface area contributed by atoms with Crippen molar-refractivity contribution in [3.63, 3.8) is 0 Å². The topological polar surface area (TPSA) is 113 Å². The lowest BCUT2D eigenvalue weighted by Crippen LogP contribution is -2.41. The Hall–Kier alpha value is -4.08. The minimum absolute atomic E-state index is 0.201. The number of hydrogen-bond acceptors (Lipinski definition) is 6. The number of aromatic amines is 1. The molecule has 2 amide bonds. The number of rotatable bonds is 5. The second-order valence-corrected chi connectivity index (χ2v) is 7.90. The molecule has 0 aliphatic carbocycles. The summed E-state index contributed by atoms with van der Waals surface area (Å²) in [5, 5.41) is 14.1. The summed E-state index contributed by atoms with van der Waals surface area (Å²) in [5.41, 5.74) is 1.41. The molecule has 2 unspecified atom stereocenters. The van der Waals surface area contributed by atoms with E-state index in [9.17, 15) is 9.18 Å². The van der Waals surface area contributed by atoms with Crippen molar-refractivity contribution >= 4 is 6.03 Å². The summed E-state index contributed by atoms with van der Waals surface area (Å²) in [7, 11) is 0. The maximum absolute atomic E-state index is 13.5. The molecule has 2 N–H and O–H groups in total. The predicted octanol–water partition coefficient (Wildman–Crippen LogP) is 4.27. The van der Waals surface area contributed by atoms with Gasteiger partial charge in [0, 0.05) is 17.7 Å². The molecule has 0 radical (unpaired) electrons. The maximum atomic E-state index is 13.5. The lowest BCUT2D eigenvalue weighted by Gasteiger charge is -2.24. The first-order chi connectivity index (χ1) is 16.1. The second kappa shape index (κ2) is 8.81. The van der Waals surface area contributed by atoms with Crippen molar-refractivity contribution in [3.8, 4) is 22.8 Å². The van der Waals surface area contributed by atoms with E-state index in [1.807, 2.05) is 30.3 Å². The van der Waals surface area contributed by atoms with Crippen molar-refractivity contribution in [1.29, 1.82) is 0 Å². The molecule has 9 nitrogen and oxygen atoms in total. The maximum Gasteiger partial charge on any atom is 0.318 e. The summed E-state index contributed by atoms with van der Waals surface area (Å²) < 4.78 is 18.8. The van der Waals surface area contributed by atoms with Crippen molar-refractivity contribution < 1.29 is 13.7 Å². The van der Waals surface area contributed by atoms with E-state index >= 15 is 0 Å². The van der Waals surface area contributed by atoms with Gasteiger partial charge in [-0.1, -0.05) is 47.6 Å². The quantitative estimate of drug-likeness (QED) is 0.472. The number of urea groups is 1. The molecule has 3 heterocycles. The number of carbonyl (C=O) groups excluding carboxylic acids is 1. The van der Waals surface area contributed by atoms with E-state index in [0.29, 0.717) is 23.8 Å². The zero-order chi connectivity index (χ0) is 22.8. The first-order valence-electron chi connectivity index (χ1n) is 10.7. The molecule has 1 saturated heterocycles. The average molecular weight is 447 g/mol. The Morgan fingerprint density at radius 1 is 1.15 bits per heavy atom. The molecule has 0 spiro atoms. The third-order valence-corrected chi connectivity index (χ3v) is 5.60. The van der Waals surface area contributed by atoms with Crippen LogP contribution in [0.25, 0.3) is 22.8 Å². The zero-order valence-electron chi connectivity index (χ0n) is 17.9. The van der Waals surface area contributed by atoms with Gasteiger partial charge in [0.25, 0.3) is 0 Å². The van der Waals surface area contributed by atoms with Gasteiger partial charge in [-0.2, -0.15) is 10.1 Å². The number of amides is 2. The van der Waals surface area contributed by atoms with Gasteiger partial charge in [-0.15, -0.1) is 0 Å². The van der Waals surface area contributed by atoms with E-state index in [2.05, 4.69) is 30.6 Å². The Morgan fingerprint density at radius 3 is 2.79 bits per heavy atom. The van der Waals surface area contributed by atoms with Gasteiger partial charge in [-0.3, -0.25) is 5.10 Å². The highest BCUT2D eigenvalue weighted by Gasteiger charge is 2.33. The molecule has 0 bridgehead atoms. The predicted molar refractivity (Wildman–Crippen MR) is 117 cm³/mol. The van der Waals surface area contributed by atoms with Crippen LogP contribution in [0.1, 0.15) is 43.6 Å². The molecule has 2 atom stereocenters. The SMILES string of the molecule is CC(NC(=O)N1CCCC1c1nc(-c2ccccc2)n[nH]1)c1nc(-c2cccc(F)c2)no1. The Bertz CT molecular complexity index is 1260. The van der Waals surface area contributed by atoms with E-state index in [1.54, 1.807) is 24.0 Å². The smallest absolute Gasteiger partial charge is 0.318 e. The number of nitrogens with one attached hydrogen (secondary N) is 2. The van der Waals surface area contributed by atoms with Gasteiger partial charge in [0.2, 0.25) is 11.7 Å². The van der Waals surface area contributed by atoms with Crippen molar-refractivity contribution in [1.82, 2.24) is 35.5 Å². The van der Waals surface area contributed by atoms with Gasteiger partial charge in [-0.25, -0.2) is 14.2 Å². The largest absolute Gasteiger partial charge is 0.337 e. The lowest BCUT2D eigenvalue weighted by atomic mass is 10.2. The van der Waals surface area contributed by atoms with Crippen LogP contribution in [0.15, 0.2) is 59.1 Å². The first kappa shape index (κ1) is 20.8. The fourth-order valence-corrected chi connectivity index (χ4v) is 3.92. The number of aromatic nitrogens is 5. The average Bonchev–Trinajstić information content (AvgIpc) is 3.60. The van der Waals surface area contributed by atoms with E-state index in [4.69, 9.17) is 4.52 Å². The van der Waals surface area contributed by atoms with Gasteiger partial charge < -0.3 is 14.7 Å². The van der Waals surface area contributed by atoms with Crippen molar-refractivity contribution in [3.05, 3.63) is 72.1 Å². The summed E-state index contributed by atoms with van der Waals surface area (Å²) >= 11 is 0. The van der Waals surface area contributed by atoms with E-state index in [1.165, 1.54) is 12.1 Å². The summed E-state index contributed by atoms with van der Waals surface area (Å²) in [4.78, 5) is 23.7. The highest BCUT2D eigenvalue weighted by atomic mass is 19.1. The fourth-order valence-electron chi connectivity index (χ4n) is 3.92. The molecule has 1 aliphatic rings. The van der Waals surface area contributed by atoms with Gasteiger partial charge in [0.15, 0.2) is 5.82 Å². The van der Waals surface area contributed by atoms with Crippen molar-refractivity contribution in [2.24, 2.45) is 0 Å². The Morgan fingerprint density at radius 2 is 1.97 bits per heavy atom. The van der Waals surface area contributed by atoms with Crippen LogP contribution >= 0.6 is 0 Å². The van der Waals surface area contributed by atoms with Crippen LogP contribution in [0.2, 0.25) is 0 Å². The molecule has 168 valence electrons. The number of carbonyl (C=O) groups is 1. The van der Waals surface area contributed by atoms with Crippen molar-refractivity contribution in [2.45, 2.75) is 31.8 Å². The molecule has 1 fully saturated rings. The minimum Gasteiger partial charge on any atom is -0.337 e. The van der Waals surface area contributed by atoms with Crippen LogP contribution < -0.4 is 5.32 Å². The number of halogens is 1. The minimum atomic E-state index is -0.525. The van der Waals surface area contributed by atoms with Crippen LogP contribution in [0, 0.1) is 5.82 Å². The van der Waals surface area contributed by atoms with Crippen LogP contribution in [0.3, 0.4) is 0 Å². The molecule has 0 saturated carbocycles. The second-order valence-electron chi connectivity index (χ2n) is 7.90. The monoisotopic (exact) mass is 447 g/mol. The molecule has 33 heavy (non-hydrogen) atoms. The Labute approximate surface area is 189 Å². The van der Waals surface area contributed by atoms with Gasteiger partial charge in [0.1, 0.15) is 17.7 Å². The Kier molecular flexibility index (Phi) is 5.55. The number of benzene rings is 2. The summed E-state index contributed by atoms with van der Waals surface area (Å²) in [6, 6.07) is 14.6.